The maximum atomic E-state index is 13.0. The monoisotopic (exact) mass is 462 g/mol. The van der Waals surface area contributed by atoms with Gasteiger partial charge in [0.05, 0.1) is 29.9 Å². The van der Waals surface area contributed by atoms with Crippen molar-refractivity contribution in [1.29, 1.82) is 0 Å². The Morgan fingerprint density at radius 2 is 1.49 bits per heavy atom. The Kier molecular flexibility index (Phi) is 6.30. The van der Waals surface area contributed by atoms with E-state index < -0.39 is 0 Å². The number of rotatable bonds is 7. The number of fused-ring (bicyclic) bond motifs is 1. The predicted octanol–water partition coefficient (Wildman–Crippen LogP) is 4.56. The molecule has 1 amide bonds. The van der Waals surface area contributed by atoms with Crippen molar-refractivity contribution in [3.63, 3.8) is 0 Å². The van der Waals surface area contributed by atoms with Gasteiger partial charge in [-0.05, 0) is 54.6 Å². The Morgan fingerprint density at radius 1 is 0.800 bits per heavy atom. The standard InChI is InChI=1S/C28H22N4O3/c33-27(20-13-15-23(16-14-20)35-22-9-2-1-3-10-22)30-18-26-24-11-4-5-12-25(24)28(34)32(31-26)19-21-8-6-7-17-29-21/h1-17H,18-19H2,(H,30,33). The number of aromatic nitrogens is 3. The van der Waals surface area contributed by atoms with Crippen molar-refractivity contribution >= 4 is 16.7 Å². The van der Waals surface area contributed by atoms with E-state index >= 15 is 0 Å². The van der Waals surface area contributed by atoms with E-state index in [4.69, 9.17) is 4.74 Å². The Morgan fingerprint density at radius 3 is 2.23 bits per heavy atom. The van der Waals surface area contributed by atoms with Gasteiger partial charge in [-0.25, -0.2) is 4.68 Å². The lowest BCUT2D eigenvalue weighted by atomic mass is 10.1. The highest BCUT2D eigenvalue weighted by Gasteiger charge is 2.13. The smallest absolute Gasteiger partial charge is 0.275 e. The maximum Gasteiger partial charge on any atom is 0.275 e. The molecular formula is C28H22N4O3. The van der Waals surface area contributed by atoms with Crippen molar-refractivity contribution in [1.82, 2.24) is 20.1 Å². The molecule has 2 aromatic heterocycles. The summed E-state index contributed by atoms with van der Waals surface area (Å²) in [6, 6.07) is 29.2. The van der Waals surface area contributed by atoms with Crippen LogP contribution in [0.2, 0.25) is 0 Å². The van der Waals surface area contributed by atoms with Gasteiger partial charge in [-0.3, -0.25) is 14.6 Å². The van der Waals surface area contributed by atoms with Crippen LogP contribution in [0.15, 0.2) is 108 Å². The largest absolute Gasteiger partial charge is 0.457 e. The third-order valence-electron chi connectivity index (χ3n) is 5.49. The Labute approximate surface area is 201 Å². The molecule has 7 heteroatoms. The van der Waals surface area contributed by atoms with E-state index in [-0.39, 0.29) is 24.6 Å². The van der Waals surface area contributed by atoms with Gasteiger partial charge in [0, 0.05) is 17.1 Å². The van der Waals surface area contributed by atoms with E-state index in [2.05, 4.69) is 15.4 Å². The van der Waals surface area contributed by atoms with Gasteiger partial charge in [-0.15, -0.1) is 0 Å². The summed E-state index contributed by atoms with van der Waals surface area (Å²) in [5.41, 5.74) is 1.63. The van der Waals surface area contributed by atoms with E-state index in [1.807, 2.05) is 66.7 Å². The molecule has 0 aliphatic carbocycles. The first-order valence-corrected chi connectivity index (χ1v) is 11.2. The maximum absolute atomic E-state index is 13.0. The minimum atomic E-state index is -0.246. The number of para-hydroxylation sites is 1. The molecule has 0 atom stereocenters. The van der Waals surface area contributed by atoms with Crippen LogP contribution in [0.4, 0.5) is 0 Å². The summed E-state index contributed by atoms with van der Waals surface area (Å²) in [5, 5.41) is 8.72. The van der Waals surface area contributed by atoms with Crippen LogP contribution in [0.1, 0.15) is 21.7 Å². The SMILES string of the molecule is O=C(NCc1nn(Cc2ccccn2)c(=O)c2ccccc12)c1ccc(Oc2ccccc2)cc1. The molecule has 0 bridgehead atoms. The molecule has 5 aromatic rings. The van der Waals surface area contributed by atoms with Crippen molar-refractivity contribution in [2.75, 3.05) is 0 Å². The fraction of sp³-hybridized carbons (Fsp3) is 0.0714. The van der Waals surface area contributed by atoms with Crippen molar-refractivity contribution in [3.8, 4) is 11.5 Å². The molecule has 0 saturated carbocycles. The van der Waals surface area contributed by atoms with Gasteiger partial charge in [-0.1, -0.05) is 42.5 Å². The molecule has 0 radical (unpaired) electrons. The quantitative estimate of drug-likeness (QED) is 0.383. The Hall–Kier alpha value is -4.78. The first kappa shape index (κ1) is 22.0. The second-order valence-corrected chi connectivity index (χ2v) is 7.90. The van der Waals surface area contributed by atoms with Crippen LogP contribution in [0.5, 0.6) is 11.5 Å². The molecule has 35 heavy (non-hydrogen) atoms. The van der Waals surface area contributed by atoms with E-state index in [9.17, 15) is 9.59 Å². The van der Waals surface area contributed by atoms with Crippen LogP contribution in [-0.4, -0.2) is 20.7 Å². The first-order chi connectivity index (χ1) is 17.2. The van der Waals surface area contributed by atoms with E-state index in [1.54, 1.807) is 36.5 Å². The number of amides is 1. The summed E-state index contributed by atoms with van der Waals surface area (Å²) < 4.78 is 7.18. The van der Waals surface area contributed by atoms with Crippen LogP contribution in [-0.2, 0) is 13.1 Å². The topological polar surface area (TPSA) is 86.1 Å². The molecule has 0 unspecified atom stereocenters. The van der Waals surface area contributed by atoms with E-state index in [1.165, 1.54) is 4.68 Å². The number of ether oxygens (including phenoxy) is 1. The number of carbonyl (C=O) groups is 1. The van der Waals surface area contributed by atoms with Gasteiger partial charge in [0.1, 0.15) is 11.5 Å². The number of nitrogens with one attached hydrogen (secondary N) is 1. The van der Waals surface area contributed by atoms with Gasteiger partial charge < -0.3 is 10.1 Å². The first-order valence-electron chi connectivity index (χ1n) is 11.2. The molecule has 5 rings (SSSR count). The molecule has 7 nitrogen and oxygen atoms in total. The van der Waals surface area contributed by atoms with Crippen LogP contribution in [0.3, 0.4) is 0 Å². The second kappa shape index (κ2) is 10.0. The van der Waals surface area contributed by atoms with Gasteiger partial charge in [-0.2, -0.15) is 5.10 Å². The normalized spacial score (nSPS) is 10.7. The highest BCUT2D eigenvalue weighted by atomic mass is 16.5. The predicted molar refractivity (Wildman–Crippen MR) is 133 cm³/mol. The molecule has 0 fully saturated rings. The number of benzene rings is 3. The van der Waals surface area contributed by atoms with Crippen molar-refractivity contribution in [2.24, 2.45) is 0 Å². The number of hydrogen-bond donors (Lipinski definition) is 1. The van der Waals surface area contributed by atoms with Crippen LogP contribution >= 0.6 is 0 Å². The summed E-state index contributed by atoms with van der Waals surface area (Å²) in [6.45, 7) is 0.415. The summed E-state index contributed by atoms with van der Waals surface area (Å²) in [6.07, 6.45) is 1.68. The second-order valence-electron chi connectivity index (χ2n) is 7.90. The fourth-order valence-electron chi connectivity index (χ4n) is 3.75. The zero-order valence-corrected chi connectivity index (χ0v) is 18.8. The third-order valence-corrected chi connectivity index (χ3v) is 5.49. The van der Waals surface area contributed by atoms with E-state index in [0.29, 0.717) is 27.8 Å². The number of pyridine rings is 1. The average molecular weight is 463 g/mol. The number of hydrogen-bond acceptors (Lipinski definition) is 5. The number of nitrogens with zero attached hydrogens (tertiary/aromatic N) is 3. The molecule has 172 valence electrons. The zero-order valence-electron chi connectivity index (χ0n) is 18.8. The lowest BCUT2D eigenvalue weighted by molar-refractivity contribution is 0.0950. The highest BCUT2D eigenvalue weighted by molar-refractivity contribution is 5.94. The lowest BCUT2D eigenvalue weighted by Crippen LogP contribution is -2.29. The van der Waals surface area contributed by atoms with Crippen molar-refractivity contribution < 1.29 is 9.53 Å². The lowest BCUT2D eigenvalue weighted by Gasteiger charge is -2.12. The van der Waals surface area contributed by atoms with Gasteiger partial charge in [0.15, 0.2) is 0 Å². The molecule has 0 aliphatic heterocycles. The molecule has 0 aliphatic rings. The Balaban J connectivity index is 1.34. The van der Waals surface area contributed by atoms with Gasteiger partial charge in [0.2, 0.25) is 0 Å². The summed E-state index contributed by atoms with van der Waals surface area (Å²) in [5.74, 6) is 1.12. The van der Waals surface area contributed by atoms with Gasteiger partial charge >= 0.3 is 0 Å². The minimum absolute atomic E-state index is 0.171. The molecule has 0 saturated heterocycles. The minimum Gasteiger partial charge on any atom is -0.457 e. The zero-order chi connectivity index (χ0) is 24.0. The molecule has 1 N–H and O–H groups in total. The van der Waals surface area contributed by atoms with Crippen molar-refractivity contribution in [2.45, 2.75) is 13.1 Å². The summed E-state index contributed by atoms with van der Waals surface area (Å²) >= 11 is 0. The molecule has 2 heterocycles. The van der Waals surface area contributed by atoms with Gasteiger partial charge in [0.25, 0.3) is 11.5 Å². The van der Waals surface area contributed by atoms with Crippen molar-refractivity contribution in [3.05, 3.63) is 131 Å². The molecule has 3 aromatic carbocycles. The molecule has 0 spiro atoms. The Bertz CT molecular complexity index is 1520. The average Bonchev–Trinajstić information content (AvgIpc) is 2.91. The number of carbonyl (C=O) groups excluding carboxylic acids is 1. The van der Waals surface area contributed by atoms with Crippen LogP contribution < -0.4 is 15.6 Å². The van der Waals surface area contributed by atoms with Crippen LogP contribution in [0, 0.1) is 0 Å². The van der Waals surface area contributed by atoms with E-state index in [0.717, 1.165) is 11.4 Å². The molecular weight excluding hydrogens is 440 g/mol. The fourth-order valence-corrected chi connectivity index (χ4v) is 3.75. The summed E-state index contributed by atoms with van der Waals surface area (Å²) in [4.78, 5) is 30.1. The summed E-state index contributed by atoms with van der Waals surface area (Å²) in [7, 11) is 0. The van der Waals surface area contributed by atoms with Crippen LogP contribution in [0.25, 0.3) is 10.8 Å². The third kappa shape index (κ3) is 5.09. The highest BCUT2D eigenvalue weighted by Crippen LogP contribution is 2.21.